The summed E-state index contributed by atoms with van der Waals surface area (Å²) in [6.45, 7) is 6.64. The third kappa shape index (κ3) is 4.95. The molecule has 0 radical (unpaired) electrons. The molecule has 0 spiro atoms. The smallest absolute Gasteiger partial charge is 0.238 e. The van der Waals surface area contributed by atoms with Crippen molar-refractivity contribution in [1.29, 1.82) is 0 Å². The quantitative estimate of drug-likeness (QED) is 0.861. The standard InChI is InChI=1S/C20H31N3O2/c1-20(16-24)10-5-11-22(15-20)14-19(25)21-17-6-8-18(9-7-17)23-12-3-2-4-13-23/h6-9,24H,2-5,10-16H2,1H3,(H,21,25). The van der Waals surface area contributed by atoms with Gasteiger partial charge >= 0.3 is 0 Å². The molecule has 5 heteroatoms. The summed E-state index contributed by atoms with van der Waals surface area (Å²) >= 11 is 0. The molecule has 2 aliphatic rings. The van der Waals surface area contributed by atoms with E-state index in [2.05, 4.69) is 34.2 Å². The van der Waals surface area contributed by atoms with E-state index in [1.54, 1.807) is 0 Å². The van der Waals surface area contributed by atoms with Gasteiger partial charge in [0, 0.05) is 43.0 Å². The van der Waals surface area contributed by atoms with Crippen LogP contribution in [-0.4, -0.2) is 55.2 Å². The second-order valence-corrected chi connectivity index (χ2v) is 7.93. The number of hydrogen-bond acceptors (Lipinski definition) is 4. The van der Waals surface area contributed by atoms with Crippen LogP contribution in [0.1, 0.15) is 39.0 Å². The summed E-state index contributed by atoms with van der Waals surface area (Å²) in [5, 5.41) is 12.5. The summed E-state index contributed by atoms with van der Waals surface area (Å²) in [4.78, 5) is 16.9. The van der Waals surface area contributed by atoms with E-state index >= 15 is 0 Å². The van der Waals surface area contributed by atoms with Crippen molar-refractivity contribution in [3.63, 3.8) is 0 Å². The maximum Gasteiger partial charge on any atom is 0.238 e. The molecule has 2 saturated heterocycles. The fourth-order valence-corrected chi connectivity index (χ4v) is 4.00. The number of hydrogen-bond donors (Lipinski definition) is 2. The van der Waals surface area contributed by atoms with Gasteiger partial charge in [0.05, 0.1) is 6.54 Å². The van der Waals surface area contributed by atoms with Gasteiger partial charge in [-0.25, -0.2) is 0 Å². The highest BCUT2D eigenvalue weighted by atomic mass is 16.3. The summed E-state index contributed by atoms with van der Waals surface area (Å²) in [6.07, 6.45) is 5.92. The van der Waals surface area contributed by atoms with Crippen molar-refractivity contribution in [2.45, 2.75) is 39.0 Å². The third-order valence-corrected chi connectivity index (χ3v) is 5.48. The van der Waals surface area contributed by atoms with Gasteiger partial charge in [-0.1, -0.05) is 6.92 Å². The van der Waals surface area contributed by atoms with E-state index in [1.807, 2.05) is 12.1 Å². The van der Waals surface area contributed by atoms with E-state index in [1.165, 1.54) is 24.9 Å². The predicted molar refractivity (Wildman–Crippen MR) is 102 cm³/mol. The maximum absolute atomic E-state index is 12.3. The van der Waals surface area contributed by atoms with Gasteiger partial charge in [0.25, 0.3) is 0 Å². The highest BCUT2D eigenvalue weighted by Crippen LogP contribution is 2.28. The first-order valence-electron chi connectivity index (χ1n) is 9.56. The van der Waals surface area contributed by atoms with Gasteiger partial charge in [-0.3, -0.25) is 9.69 Å². The van der Waals surface area contributed by atoms with Crippen LogP contribution in [0.2, 0.25) is 0 Å². The first kappa shape index (κ1) is 18.2. The number of likely N-dealkylation sites (tertiary alicyclic amines) is 1. The van der Waals surface area contributed by atoms with Crippen LogP contribution >= 0.6 is 0 Å². The molecule has 0 bridgehead atoms. The molecule has 1 amide bonds. The number of aliphatic hydroxyl groups is 1. The van der Waals surface area contributed by atoms with Crippen LogP contribution in [0.3, 0.4) is 0 Å². The number of aliphatic hydroxyl groups excluding tert-OH is 1. The van der Waals surface area contributed by atoms with Crippen LogP contribution in [0.5, 0.6) is 0 Å². The first-order valence-corrected chi connectivity index (χ1v) is 9.56. The van der Waals surface area contributed by atoms with Gasteiger partial charge in [0.15, 0.2) is 0 Å². The molecule has 5 nitrogen and oxygen atoms in total. The number of rotatable bonds is 5. The Labute approximate surface area is 151 Å². The normalized spacial score (nSPS) is 25.0. The number of carbonyl (C=O) groups is 1. The monoisotopic (exact) mass is 345 g/mol. The Morgan fingerprint density at radius 1 is 1.12 bits per heavy atom. The SMILES string of the molecule is CC1(CO)CCCN(CC(=O)Nc2ccc(N3CCCCC3)cc2)C1. The third-order valence-electron chi connectivity index (χ3n) is 5.48. The minimum absolute atomic E-state index is 0.0212. The van der Waals surface area contributed by atoms with Crippen LogP contribution in [-0.2, 0) is 4.79 Å². The van der Waals surface area contributed by atoms with Crippen molar-refractivity contribution in [2.75, 3.05) is 49.5 Å². The average Bonchev–Trinajstić information content (AvgIpc) is 2.63. The van der Waals surface area contributed by atoms with Crippen molar-refractivity contribution in [3.8, 4) is 0 Å². The molecule has 1 atom stereocenters. The van der Waals surface area contributed by atoms with E-state index in [-0.39, 0.29) is 17.9 Å². The van der Waals surface area contributed by atoms with Crippen molar-refractivity contribution in [2.24, 2.45) is 5.41 Å². The number of benzene rings is 1. The van der Waals surface area contributed by atoms with Crippen molar-refractivity contribution in [1.82, 2.24) is 4.90 Å². The summed E-state index contributed by atoms with van der Waals surface area (Å²) in [6, 6.07) is 8.20. The molecule has 0 aromatic heterocycles. The number of carbonyl (C=O) groups excluding carboxylic acids is 1. The summed E-state index contributed by atoms with van der Waals surface area (Å²) in [7, 11) is 0. The second kappa shape index (κ2) is 8.19. The lowest BCUT2D eigenvalue weighted by Gasteiger charge is -2.38. The number of piperidine rings is 2. The maximum atomic E-state index is 12.3. The molecule has 3 rings (SSSR count). The van der Waals surface area contributed by atoms with E-state index in [0.717, 1.165) is 44.7 Å². The number of nitrogens with one attached hydrogen (secondary N) is 1. The van der Waals surface area contributed by atoms with E-state index < -0.39 is 0 Å². The minimum atomic E-state index is -0.0748. The van der Waals surface area contributed by atoms with Gasteiger partial charge < -0.3 is 15.3 Å². The van der Waals surface area contributed by atoms with Crippen LogP contribution in [0.25, 0.3) is 0 Å². The summed E-state index contributed by atoms with van der Waals surface area (Å²) in [5.41, 5.74) is 2.02. The molecule has 2 fully saturated rings. The average molecular weight is 345 g/mol. The van der Waals surface area contributed by atoms with Crippen LogP contribution in [0.4, 0.5) is 11.4 Å². The Balaban J connectivity index is 1.50. The van der Waals surface area contributed by atoms with Crippen LogP contribution < -0.4 is 10.2 Å². The largest absolute Gasteiger partial charge is 0.396 e. The fourth-order valence-electron chi connectivity index (χ4n) is 4.00. The topological polar surface area (TPSA) is 55.8 Å². The van der Waals surface area contributed by atoms with Gasteiger partial charge in [0.1, 0.15) is 0 Å². The lowest BCUT2D eigenvalue weighted by molar-refractivity contribution is -0.118. The van der Waals surface area contributed by atoms with Gasteiger partial charge in [-0.15, -0.1) is 0 Å². The van der Waals surface area contributed by atoms with E-state index in [0.29, 0.717) is 6.54 Å². The fraction of sp³-hybridized carbons (Fsp3) is 0.650. The second-order valence-electron chi connectivity index (χ2n) is 7.93. The molecule has 2 aliphatic heterocycles. The zero-order chi connectivity index (χ0) is 17.7. The van der Waals surface area contributed by atoms with Crippen molar-refractivity contribution < 1.29 is 9.90 Å². The highest BCUT2D eigenvalue weighted by Gasteiger charge is 2.30. The molecule has 2 heterocycles. The molecule has 25 heavy (non-hydrogen) atoms. The lowest BCUT2D eigenvalue weighted by Crippen LogP contribution is -2.46. The van der Waals surface area contributed by atoms with Crippen LogP contribution in [0, 0.1) is 5.41 Å². The minimum Gasteiger partial charge on any atom is -0.396 e. The Morgan fingerprint density at radius 2 is 1.84 bits per heavy atom. The molecular weight excluding hydrogens is 314 g/mol. The summed E-state index contributed by atoms with van der Waals surface area (Å²) < 4.78 is 0. The zero-order valence-corrected chi connectivity index (χ0v) is 15.3. The molecule has 0 saturated carbocycles. The highest BCUT2D eigenvalue weighted by molar-refractivity contribution is 5.92. The molecule has 138 valence electrons. The molecule has 1 aromatic rings. The summed E-state index contributed by atoms with van der Waals surface area (Å²) in [5.74, 6) is 0.0212. The zero-order valence-electron chi connectivity index (χ0n) is 15.3. The van der Waals surface area contributed by atoms with Gasteiger partial charge in [-0.05, 0) is 62.9 Å². The number of amides is 1. The van der Waals surface area contributed by atoms with E-state index in [9.17, 15) is 9.90 Å². The Hall–Kier alpha value is -1.59. The van der Waals surface area contributed by atoms with Crippen LogP contribution in [0.15, 0.2) is 24.3 Å². The molecule has 1 aromatic carbocycles. The Morgan fingerprint density at radius 3 is 2.52 bits per heavy atom. The first-order chi connectivity index (χ1) is 12.1. The van der Waals surface area contributed by atoms with E-state index in [4.69, 9.17) is 0 Å². The molecular formula is C20H31N3O2. The van der Waals surface area contributed by atoms with Gasteiger partial charge in [-0.2, -0.15) is 0 Å². The van der Waals surface area contributed by atoms with Crippen molar-refractivity contribution in [3.05, 3.63) is 24.3 Å². The molecule has 0 aliphatic carbocycles. The lowest BCUT2D eigenvalue weighted by atomic mass is 9.83. The Bertz CT molecular complexity index is 569. The van der Waals surface area contributed by atoms with Gasteiger partial charge in [0.2, 0.25) is 5.91 Å². The Kier molecular flexibility index (Phi) is 5.97. The number of anilines is 2. The molecule has 1 unspecified atom stereocenters. The molecule has 2 N–H and O–H groups in total. The predicted octanol–water partition coefficient (Wildman–Crippen LogP) is 2.71. The van der Waals surface area contributed by atoms with Crippen molar-refractivity contribution >= 4 is 17.3 Å². The number of nitrogens with zero attached hydrogens (tertiary/aromatic N) is 2.